The fraction of sp³-hybridized carbons (Fsp3) is 0.429. The molecule has 1 aromatic rings. The molecule has 0 saturated carbocycles. The van der Waals surface area contributed by atoms with Crippen LogP contribution in [-0.2, 0) is 4.79 Å². The maximum Gasteiger partial charge on any atom is 0.254 e. The van der Waals surface area contributed by atoms with Crippen LogP contribution in [0.25, 0.3) is 0 Å². The number of carbonyl (C=O) groups excluding carboxylic acids is 2. The molecule has 4 nitrogen and oxygen atoms in total. The topological polar surface area (TPSA) is 49.4 Å². The van der Waals surface area contributed by atoms with Gasteiger partial charge in [0.25, 0.3) is 5.91 Å². The number of rotatable bonds is 2. The molecule has 1 fully saturated rings. The summed E-state index contributed by atoms with van der Waals surface area (Å²) in [7, 11) is 0. The highest BCUT2D eigenvalue weighted by molar-refractivity contribution is 5.94. The van der Waals surface area contributed by atoms with Gasteiger partial charge in [-0.1, -0.05) is 0 Å². The lowest BCUT2D eigenvalue weighted by Crippen LogP contribution is -2.49. The van der Waals surface area contributed by atoms with Gasteiger partial charge in [-0.15, -0.1) is 0 Å². The third-order valence-corrected chi connectivity index (χ3v) is 3.35. The van der Waals surface area contributed by atoms with E-state index in [9.17, 15) is 22.8 Å². The summed E-state index contributed by atoms with van der Waals surface area (Å²) < 4.78 is 39.2. The molecule has 1 aromatic carbocycles. The minimum Gasteiger partial charge on any atom is -0.352 e. The molecule has 1 heterocycles. The number of nitrogens with zero attached hydrogens (tertiary/aromatic N) is 1. The Kier molecular flexibility index (Phi) is 4.50. The average molecular weight is 300 g/mol. The van der Waals surface area contributed by atoms with Crippen molar-refractivity contribution in [3.8, 4) is 0 Å². The summed E-state index contributed by atoms with van der Waals surface area (Å²) >= 11 is 0. The number of likely N-dealkylation sites (tertiary alicyclic amines) is 1. The van der Waals surface area contributed by atoms with Crippen molar-refractivity contribution in [1.29, 1.82) is 0 Å². The first kappa shape index (κ1) is 15.3. The van der Waals surface area contributed by atoms with Crippen molar-refractivity contribution in [3.05, 3.63) is 35.1 Å². The van der Waals surface area contributed by atoms with Crippen molar-refractivity contribution in [2.45, 2.75) is 25.8 Å². The molecule has 21 heavy (non-hydrogen) atoms. The van der Waals surface area contributed by atoms with Crippen molar-refractivity contribution < 1.29 is 22.8 Å². The summed E-state index contributed by atoms with van der Waals surface area (Å²) in [6.45, 7) is 2.07. The molecule has 1 aliphatic heterocycles. The van der Waals surface area contributed by atoms with Gasteiger partial charge < -0.3 is 10.2 Å². The largest absolute Gasteiger partial charge is 0.352 e. The Bertz CT molecular complexity index is 554. The number of halogens is 3. The smallest absolute Gasteiger partial charge is 0.254 e. The predicted octanol–water partition coefficient (Wildman–Crippen LogP) is 1.84. The Labute approximate surface area is 119 Å². The maximum atomic E-state index is 13.2. The molecule has 1 unspecified atom stereocenters. The monoisotopic (exact) mass is 300 g/mol. The van der Waals surface area contributed by atoms with E-state index in [2.05, 4.69) is 5.32 Å². The summed E-state index contributed by atoms with van der Waals surface area (Å²) in [4.78, 5) is 24.6. The second-order valence-electron chi connectivity index (χ2n) is 5.04. The predicted molar refractivity (Wildman–Crippen MR) is 69.1 cm³/mol. The lowest BCUT2D eigenvalue weighted by molar-refractivity contribution is -0.120. The minimum absolute atomic E-state index is 0.185. The van der Waals surface area contributed by atoms with Crippen molar-refractivity contribution in [2.24, 2.45) is 0 Å². The zero-order chi connectivity index (χ0) is 15.6. The average Bonchev–Trinajstić information content (AvgIpc) is 2.43. The molecular formula is C14H15F3N2O2. The summed E-state index contributed by atoms with van der Waals surface area (Å²) in [6, 6.07) is 1.18. The first-order chi connectivity index (χ1) is 9.88. The molecule has 0 aromatic heterocycles. The van der Waals surface area contributed by atoms with E-state index >= 15 is 0 Å². The van der Waals surface area contributed by atoms with Crippen molar-refractivity contribution >= 4 is 11.8 Å². The van der Waals surface area contributed by atoms with Gasteiger partial charge in [-0.05, 0) is 25.0 Å². The molecule has 0 spiro atoms. The standard InChI is InChI=1S/C14H15F3N2O2/c1-8(20)18-10-3-2-4-19(7-10)14(21)9-5-11(15)13(17)12(16)6-9/h5-6,10H,2-4,7H2,1H3,(H,18,20). The minimum atomic E-state index is -1.60. The van der Waals surface area contributed by atoms with E-state index in [4.69, 9.17) is 0 Å². The number of nitrogens with one attached hydrogen (secondary N) is 1. The molecule has 7 heteroatoms. The Morgan fingerprint density at radius 3 is 2.43 bits per heavy atom. The van der Waals surface area contributed by atoms with Crippen molar-refractivity contribution in [1.82, 2.24) is 10.2 Å². The summed E-state index contributed by atoms with van der Waals surface area (Å²) in [6.07, 6.45) is 1.40. The number of benzene rings is 1. The van der Waals surface area contributed by atoms with Gasteiger partial charge in [0.15, 0.2) is 17.5 Å². The number of hydrogen-bond donors (Lipinski definition) is 1. The van der Waals surface area contributed by atoms with E-state index in [1.165, 1.54) is 11.8 Å². The second kappa shape index (κ2) is 6.15. The molecule has 1 atom stereocenters. The van der Waals surface area contributed by atoms with E-state index in [0.29, 0.717) is 25.1 Å². The van der Waals surface area contributed by atoms with Crippen LogP contribution in [0.2, 0.25) is 0 Å². The van der Waals surface area contributed by atoms with Gasteiger partial charge >= 0.3 is 0 Å². The Balaban J connectivity index is 2.14. The van der Waals surface area contributed by atoms with Crippen LogP contribution in [0.15, 0.2) is 12.1 Å². The summed E-state index contributed by atoms with van der Waals surface area (Å²) in [5.41, 5.74) is -0.241. The molecule has 2 rings (SSSR count). The molecule has 2 amide bonds. The Morgan fingerprint density at radius 1 is 1.24 bits per heavy atom. The summed E-state index contributed by atoms with van der Waals surface area (Å²) in [5, 5.41) is 2.71. The molecule has 0 radical (unpaired) electrons. The van der Waals surface area contributed by atoms with Crippen LogP contribution in [0.4, 0.5) is 13.2 Å². The quantitative estimate of drug-likeness (QED) is 0.847. The van der Waals surface area contributed by atoms with Crippen LogP contribution in [-0.4, -0.2) is 35.8 Å². The molecular weight excluding hydrogens is 285 g/mol. The van der Waals surface area contributed by atoms with Crippen LogP contribution in [0, 0.1) is 17.5 Å². The zero-order valence-electron chi connectivity index (χ0n) is 11.5. The highest BCUT2D eigenvalue weighted by Crippen LogP contribution is 2.18. The van der Waals surface area contributed by atoms with Gasteiger partial charge in [0.2, 0.25) is 5.91 Å². The van der Waals surface area contributed by atoms with Crippen LogP contribution in [0.5, 0.6) is 0 Å². The molecule has 114 valence electrons. The first-order valence-electron chi connectivity index (χ1n) is 6.59. The number of amides is 2. The van der Waals surface area contributed by atoms with Gasteiger partial charge in [-0.25, -0.2) is 13.2 Å². The third kappa shape index (κ3) is 3.53. The normalized spacial score (nSPS) is 18.5. The number of hydrogen-bond acceptors (Lipinski definition) is 2. The molecule has 0 bridgehead atoms. The number of piperidine rings is 1. The summed E-state index contributed by atoms with van der Waals surface area (Å²) in [5.74, 6) is -5.17. The lowest BCUT2D eigenvalue weighted by Gasteiger charge is -2.33. The highest BCUT2D eigenvalue weighted by atomic mass is 19.2. The fourth-order valence-corrected chi connectivity index (χ4v) is 2.43. The maximum absolute atomic E-state index is 13.2. The molecule has 1 saturated heterocycles. The van der Waals surface area contributed by atoms with Crippen LogP contribution in [0.1, 0.15) is 30.1 Å². The fourth-order valence-electron chi connectivity index (χ4n) is 2.43. The van der Waals surface area contributed by atoms with Crippen LogP contribution >= 0.6 is 0 Å². The van der Waals surface area contributed by atoms with Gasteiger partial charge in [0.05, 0.1) is 0 Å². The molecule has 1 N–H and O–H groups in total. The van der Waals surface area contributed by atoms with Gasteiger partial charge in [-0.3, -0.25) is 9.59 Å². The van der Waals surface area contributed by atoms with Gasteiger partial charge in [0, 0.05) is 31.6 Å². The van der Waals surface area contributed by atoms with E-state index in [-0.39, 0.29) is 24.1 Å². The zero-order valence-corrected chi connectivity index (χ0v) is 11.5. The Hall–Kier alpha value is -2.05. The van der Waals surface area contributed by atoms with E-state index in [1.807, 2.05) is 0 Å². The highest BCUT2D eigenvalue weighted by Gasteiger charge is 2.26. The van der Waals surface area contributed by atoms with Gasteiger partial charge in [0.1, 0.15) is 0 Å². The van der Waals surface area contributed by atoms with Crippen molar-refractivity contribution in [3.63, 3.8) is 0 Å². The molecule has 0 aliphatic carbocycles. The van der Waals surface area contributed by atoms with E-state index in [1.54, 1.807) is 0 Å². The third-order valence-electron chi connectivity index (χ3n) is 3.35. The molecule has 1 aliphatic rings. The van der Waals surface area contributed by atoms with Crippen LogP contribution < -0.4 is 5.32 Å². The van der Waals surface area contributed by atoms with Gasteiger partial charge in [-0.2, -0.15) is 0 Å². The lowest BCUT2D eigenvalue weighted by atomic mass is 10.0. The van der Waals surface area contributed by atoms with Crippen molar-refractivity contribution in [2.75, 3.05) is 13.1 Å². The van der Waals surface area contributed by atoms with E-state index < -0.39 is 23.4 Å². The SMILES string of the molecule is CC(=O)NC1CCCN(C(=O)c2cc(F)c(F)c(F)c2)C1. The van der Waals surface area contributed by atoms with Crippen LogP contribution in [0.3, 0.4) is 0 Å². The number of carbonyl (C=O) groups is 2. The second-order valence-corrected chi connectivity index (χ2v) is 5.04. The van der Waals surface area contributed by atoms with E-state index in [0.717, 1.165) is 6.42 Å². The first-order valence-corrected chi connectivity index (χ1v) is 6.59. The Morgan fingerprint density at radius 2 is 1.86 bits per heavy atom.